The topological polar surface area (TPSA) is 54.6 Å². The maximum atomic E-state index is 14.5. The zero-order chi connectivity index (χ0) is 20.2. The summed E-state index contributed by atoms with van der Waals surface area (Å²) >= 11 is 12.4. The molecule has 1 aliphatic rings. The molecule has 0 saturated heterocycles. The van der Waals surface area contributed by atoms with Crippen LogP contribution in [0.2, 0.25) is 10.2 Å². The number of benzene rings is 1. The number of anilines is 1. The highest BCUT2D eigenvalue weighted by atomic mass is 35.5. The molecule has 0 bridgehead atoms. The second kappa shape index (κ2) is 6.59. The van der Waals surface area contributed by atoms with Crippen LogP contribution in [-0.4, -0.2) is 33.0 Å². The Kier molecular flexibility index (Phi) is 4.46. The van der Waals surface area contributed by atoms with Crippen molar-refractivity contribution >= 4 is 40.9 Å². The SMILES string of the molecule is C[C@H](Nc1c(-c2c(F)cccc2Cl)c(Cl)nc2c(C3C=N3)cnn12)C(F)(F)F. The van der Waals surface area contributed by atoms with E-state index in [4.69, 9.17) is 23.2 Å². The third-order valence-corrected chi connectivity index (χ3v) is 4.89. The van der Waals surface area contributed by atoms with Crippen LogP contribution in [0.4, 0.5) is 23.4 Å². The minimum absolute atomic E-state index is 0.0244. The van der Waals surface area contributed by atoms with E-state index in [2.05, 4.69) is 20.4 Å². The van der Waals surface area contributed by atoms with Crippen LogP contribution in [0.1, 0.15) is 18.5 Å². The Labute approximate surface area is 166 Å². The molecule has 1 aromatic carbocycles. The first-order chi connectivity index (χ1) is 13.2. The Morgan fingerprint density at radius 1 is 1.21 bits per heavy atom. The van der Waals surface area contributed by atoms with Gasteiger partial charge >= 0.3 is 6.18 Å². The predicted octanol–water partition coefficient (Wildman–Crippen LogP) is 5.33. The number of nitrogens with zero attached hydrogens (tertiary/aromatic N) is 4. The fraction of sp³-hybridized carbons (Fsp3) is 0.235. The lowest BCUT2D eigenvalue weighted by Gasteiger charge is -2.22. The van der Waals surface area contributed by atoms with E-state index in [9.17, 15) is 17.6 Å². The maximum Gasteiger partial charge on any atom is 0.408 e. The van der Waals surface area contributed by atoms with Gasteiger partial charge < -0.3 is 5.32 Å². The van der Waals surface area contributed by atoms with Gasteiger partial charge in [-0.1, -0.05) is 29.3 Å². The molecule has 0 radical (unpaired) electrons. The summed E-state index contributed by atoms with van der Waals surface area (Å²) in [6, 6.07) is 1.69. The average Bonchev–Trinajstić information content (AvgIpc) is 3.36. The molecule has 4 rings (SSSR count). The molecular formula is C17H11Cl2F4N5. The standard InChI is InChI=1S/C17H11Cl2F4N5/c1-7(17(21,22)23)26-16-13(12-9(18)3-2-4-10(12)20)14(19)27-15-8(11-6-24-11)5-25-28(15)16/h2-7,11,26H,1H3/t7-,11?/m0/s1. The Morgan fingerprint density at radius 2 is 1.93 bits per heavy atom. The summed E-state index contributed by atoms with van der Waals surface area (Å²) in [5.41, 5.74) is 0.524. The van der Waals surface area contributed by atoms with Crippen LogP contribution in [0, 0.1) is 5.82 Å². The second-order valence-electron chi connectivity index (χ2n) is 6.21. The number of nitrogens with one attached hydrogen (secondary N) is 1. The van der Waals surface area contributed by atoms with Crippen LogP contribution >= 0.6 is 23.2 Å². The molecule has 0 spiro atoms. The van der Waals surface area contributed by atoms with Crippen LogP contribution in [0.3, 0.4) is 0 Å². The lowest BCUT2D eigenvalue weighted by Crippen LogP contribution is -2.34. The first-order valence-corrected chi connectivity index (χ1v) is 8.82. The van der Waals surface area contributed by atoms with Crippen molar-refractivity contribution < 1.29 is 17.6 Å². The third kappa shape index (κ3) is 3.18. The zero-order valence-electron chi connectivity index (χ0n) is 14.1. The first-order valence-electron chi connectivity index (χ1n) is 8.06. The van der Waals surface area contributed by atoms with Crippen molar-refractivity contribution in [3.05, 3.63) is 46.0 Å². The van der Waals surface area contributed by atoms with Crippen LogP contribution in [-0.2, 0) is 0 Å². The van der Waals surface area contributed by atoms with E-state index in [0.717, 1.165) is 17.5 Å². The fourth-order valence-electron chi connectivity index (χ4n) is 2.77. The minimum Gasteiger partial charge on any atom is -0.358 e. The lowest BCUT2D eigenvalue weighted by atomic mass is 10.1. The molecule has 0 saturated carbocycles. The first kappa shape index (κ1) is 18.9. The van der Waals surface area contributed by atoms with Gasteiger partial charge in [0, 0.05) is 17.3 Å². The largest absolute Gasteiger partial charge is 0.408 e. The van der Waals surface area contributed by atoms with Gasteiger partial charge in [0.25, 0.3) is 0 Å². The van der Waals surface area contributed by atoms with E-state index in [1.807, 2.05) is 0 Å². The Balaban J connectivity index is 2.00. The van der Waals surface area contributed by atoms with Crippen LogP contribution in [0.25, 0.3) is 16.8 Å². The zero-order valence-corrected chi connectivity index (χ0v) is 15.6. The molecule has 2 aromatic heterocycles. The van der Waals surface area contributed by atoms with Crippen molar-refractivity contribution in [2.24, 2.45) is 4.99 Å². The molecular weight excluding hydrogens is 421 g/mol. The highest BCUT2D eigenvalue weighted by Crippen LogP contribution is 2.42. The predicted molar refractivity (Wildman–Crippen MR) is 98.8 cm³/mol. The second-order valence-corrected chi connectivity index (χ2v) is 6.97. The van der Waals surface area contributed by atoms with Crippen molar-refractivity contribution in [1.82, 2.24) is 14.6 Å². The van der Waals surface area contributed by atoms with Gasteiger partial charge in [-0.25, -0.2) is 9.37 Å². The number of hydrogen-bond donors (Lipinski definition) is 1. The van der Waals surface area contributed by atoms with Gasteiger partial charge in [-0.2, -0.15) is 22.8 Å². The number of fused-ring (bicyclic) bond motifs is 1. The summed E-state index contributed by atoms with van der Waals surface area (Å²) in [6.07, 6.45) is -1.49. The maximum absolute atomic E-state index is 14.5. The molecule has 0 aliphatic carbocycles. The molecule has 3 heterocycles. The van der Waals surface area contributed by atoms with Crippen LogP contribution < -0.4 is 5.32 Å². The van der Waals surface area contributed by atoms with Crippen molar-refractivity contribution in [2.75, 3.05) is 5.32 Å². The van der Waals surface area contributed by atoms with Gasteiger partial charge in [0.15, 0.2) is 5.65 Å². The quantitative estimate of drug-likeness (QED) is 0.448. The molecule has 0 amide bonds. The summed E-state index contributed by atoms with van der Waals surface area (Å²) in [4.78, 5) is 8.25. The highest BCUT2D eigenvalue weighted by molar-refractivity contribution is 6.36. The summed E-state index contributed by atoms with van der Waals surface area (Å²) in [7, 11) is 0. The fourth-order valence-corrected chi connectivity index (χ4v) is 3.29. The molecule has 1 aliphatic heterocycles. The lowest BCUT2D eigenvalue weighted by molar-refractivity contribution is -0.138. The van der Waals surface area contributed by atoms with Crippen LogP contribution in [0.15, 0.2) is 29.4 Å². The van der Waals surface area contributed by atoms with Gasteiger partial charge in [-0.15, -0.1) is 0 Å². The summed E-state index contributed by atoms with van der Waals surface area (Å²) < 4.78 is 55.3. The van der Waals surface area contributed by atoms with Crippen molar-refractivity contribution in [3.8, 4) is 11.1 Å². The molecule has 28 heavy (non-hydrogen) atoms. The summed E-state index contributed by atoms with van der Waals surface area (Å²) in [5, 5.41) is 6.23. The smallest absolute Gasteiger partial charge is 0.358 e. The van der Waals surface area contributed by atoms with Crippen LogP contribution in [0.5, 0.6) is 0 Å². The van der Waals surface area contributed by atoms with E-state index in [-0.39, 0.29) is 38.8 Å². The average molecular weight is 432 g/mol. The van der Waals surface area contributed by atoms with E-state index < -0.39 is 18.0 Å². The molecule has 146 valence electrons. The molecule has 3 aromatic rings. The normalized spacial score (nSPS) is 17.2. The monoisotopic (exact) mass is 431 g/mol. The van der Waals surface area contributed by atoms with Gasteiger partial charge in [-0.05, 0) is 19.1 Å². The highest BCUT2D eigenvalue weighted by Gasteiger charge is 2.38. The van der Waals surface area contributed by atoms with Crippen molar-refractivity contribution in [3.63, 3.8) is 0 Å². The van der Waals surface area contributed by atoms with Gasteiger partial charge in [0.2, 0.25) is 0 Å². The number of aliphatic imine (C=N–C) groups is 1. The van der Waals surface area contributed by atoms with Gasteiger partial charge in [0.05, 0.1) is 16.8 Å². The van der Waals surface area contributed by atoms with Gasteiger partial charge in [-0.3, -0.25) is 4.99 Å². The number of rotatable bonds is 4. The molecule has 11 heteroatoms. The molecule has 1 unspecified atom stereocenters. The molecule has 0 fully saturated rings. The van der Waals surface area contributed by atoms with E-state index >= 15 is 0 Å². The number of alkyl halides is 3. The van der Waals surface area contributed by atoms with E-state index in [1.165, 1.54) is 18.3 Å². The Morgan fingerprint density at radius 3 is 2.54 bits per heavy atom. The molecule has 5 nitrogen and oxygen atoms in total. The summed E-state index contributed by atoms with van der Waals surface area (Å²) in [5.74, 6) is -0.921. The van der Waals surface area contributed by atoms with E-state index in [1.54, 1.807) is 6.21 Å². The summed E-state index contributed by atoms with van der Waals surface area (Å²) in [6.45, 7) is 0.932. The van der Waals surface area contributed by atoms with E-state index in [0.29, 0.717) is 5.56 Å². The molecule has 2 atom stereocenters. The number of halogens is 6. The van der Waals surface area contributed by atoms with Gasteiger partial charge in [0.1, 0.15) is 28.9 Å². The number of hydrogen-bond acceptors (Lipinski definition) is 4. The molecule has 1 N–H and O–H groups in total. The minimum atomic E-state index is -4.56. The van der Waals surface area contributed by atoms with Crippen molar-refractivity contribution in [1.29, 1.82) is 0 Å². The Hall–Kier alpha value is -2.39. The Bertz CT molecular complexity index is 1080. The number of aromatic nitrogens is 3. The third-order valence-electron chi connectivity index (χ3n) is 4.30. The van der Waals surface area contributed by atoms with Crippen molar-refractivity contribution in [2.45, 2.75) is 25.2 Å².